The van der Waals surface area contributed by atoms with E-state index in [-0.39, 0.29) is 23.4 Å². The molecule has 152 valence electrons. The average molecular weight is 398 g/mol. The van der Waals surface area contributed by atoms with Crippen LogP contribution in [0.4, 0.5) is 4.39 Å². The summed E-state index contributed by atoms with van der Waals surface area (Å²) < 4.78 is 19.2. The number of nitrogens with zero attached hydrogens (tertiary/aromatic N) is 1. The minimum atomic E-state index is -0.835. The van der Waals surface area contributed by atoms with E-state index >= 15 is 0 Å². The number of carbonyl (C=O) groups excluding carboxylic acids is 1. The lowest BCUT2D eigenvalue weighted by Gasteiger charge is -2.13. The fourth-order valence-corrected chi connectivity index (χ4v) is 3.01. The molecule has 3 rings (SSSR count). The number of para-hydroxylation sites is 1. The van der Waals surface area contributed by atoms with Crippen molar-refractivity contribution < 1.29 is 19.1 Å². The van der Waals surface area contributed by atoms with Crippen LogP contribution in [0.25, 0.3) is 10.9 Å². The van der Waals surface area contributed by atoms with Crippen molar-refractivity contribution in [3.8, 4) is 5.75 Å². The molecule has 1 aromatic heterocycles. The van der Waals surface area contributed by atoms with Crippen LogP contribution in [0.5, 0.6) is 5.75 Å². The number of halogens is 1. The number of rotatable bonds is 8. The Hall–Kier alpha value is -3.35. The third kappa shape index (κ3) is 4.74. The van der Waals surface area contributed by atoms with Crippen molar-refractivity contribution in [1.29, 1.82) is 0 Å². The molecule has 0 radical (unpaired) electrons. The van der Waals surface area contributed by atoms with Crippen LogP contribution in [-0.4, -0.2) is 22.5 Å². The van der Waals surface area contributed by atoms with E-state index in [1.54, 1.807) is 30.3 Å². The molecule has 29 heavy (non-hydrogen) atoms. The summed E-state index contributed by atoms with van der Waals surface area (Å²) in [6.07, 6.45) is 2.95. The Kier molecular flexibility index (Phi) is 6.49. The van der Waals surface area contributed by atoms with Crippen LogP contribution in [0.2, 0.25) is 0 Å². The van der Waals surface area contributed by atoms with Gasteiger partial charge in [0.25, 0.3) is 11.5 Å². The van der Waals surface area contributed by atoms with Crippen LogP contribution in [-0.2, 0) is 6.54 Å². The van der Waals surface area contributed by atoms with Gasteiger partial charge in [-0.1, -0.05) is 44.0 Å². The molecule has 3 aromatic rings. The van der Waals surface area contributed by atoms with Gasteiger partial charge >= 0.3 is 0 Å². The molecular formula is C22H23FN2O4. The maximum atomic E-state index is 13.0. The normalized spacial score (nSPS) is 10.8. The summed E-state index contributed by atoms with van der Waals surface area (Å²) in [5.41, 5.74) is -0.110. The van der Waals surface area contributed by atoms with Crippen molar-refractivity contribution in [3.05, 3.63) is 75.8 Å². The van der Waals surface area contributed by atoms with E-state index in [4.69, 9.17) is 4.74 Å². The van der Waals surface area contributed by atoms with Crippen LogP contribution in [0, 0.1) is 5.82 Å². The van der Waals surface area contributed by atoms with Gasteiger partial charge in [-0.2, -0.15) is 0 Å². The number of unbranched alkanes of at least 4 members (excludes halogenated alkanes) is 2. The summed E-state index contributed by atoms with van der Waals surface area (Å²) in [7, 11) is 0. The van der Waals surface area contributed by atoms with Crippen molar-refractivity contribution in [2.24, 2.45) is 0 Å². The zero-order valence-corrected chi connectivity index (χ0v) is 16.2. The second-order valence-electron chi connectivity index (χ2n) is 6.73. The molecular weight excluding hydrogens is 375 g/mol. The molecule has 0 aliphatic rings. The minimum absolute atomic E-state index is 0.128. The summed E-state index contributed by atoms with van der Waals surface area (Å²) in [6.45, 7) is 2.69. The molecule has 1 heterocycles. The maximum absolute atomic E-state index is 13.0. The Bertz CT molecular complexity index is 1060. The summed E-state index contributed by atoms with van der Waals surface area (Å²) in [5, 5.41) is 13.5. The number of pyridine rings is 1. The fraction of sp³-hybridized carbons (Fsp3) is 0.273. The van der Waals surface area contributed by atoms with Crippen LogP contribution >= 0.6 is 0 Å². The van der Waals surface area contributed by atoms with E-state index in [0.717, 1.165) is 19.3 Å². The molecule has 0 saturated carbocycles. The highest BCUT2D eigenvalue weighted by Gasteiger charge is 2.17. The largest absolute Gasteiger partial charge is 0.491 e. The van der Waals surface area contributed by atoms with E-state index in [1.807, 2.05) is 0 Å². The van der Waals surface area contributed by atoms with E-state index in [0.29, 0.717) is 28.0 Å². The minimum Gasteiger partial charge on any atom is -0.491 e. The molecule has 2 aromatic carbocycles. The lowest BCUT2D eigenvalue weighted by Crippen LogP contribution is -2.32. The van der Waals surface area contributed by atoms with Crippen molar-refractivity contribution in [2.45, 2.75) is 32.7 Å². The summed E-state index contributed by atoms with van der Waals surface area (Å²) in [5.74, 6) is -0.611. The average Bonchev–Trinajstić information content (AvgIpc) is 2.73. The Morgan fingerprint density at radius 3 is 2.66 bits per heavy atom. The molecule has 0 fully saturated rings. The SMILES string of the molecule is CCCCCOc1cccc2cc(C(=O)NCc3ccc(F)cc3)c(=O)n(O)c12. The van der Waals surface area contributed by atoms with Crippen molar-refractivity contribution in [1.82, 2.24) is 10.0 Å². The van der Waals surface area contributed by atoms with Crippen molar-refractivity contribution in [2.75, 3.05) is 6.61 Å². The van der Waals surface area contributed by atoms with Gasteiger partial charge in [0, 0.05) is 11.9 Å². The third-order valence-electron chi connectivity index (χ3n) is 4.58. The highest BCUT2D eigenvalue weighted by Crippen LogP contribution is 2.25. The first-order valence-electron chi connectivity index (χ1n) is 9.54. The predicted molar refractivity (Wildman–Crippen MR) is 108 cm³/mol. The molecule has 0 spiro atoms. The van der Waals surface area contributed by atoms with Gasteiger partial charge in [0.05, 0.1) is 6.61 Å². The van der Waals surface area contributed by atoms with E-state index in [9.17, 15) is 19.2 Å². The number of hydrogen-bond donors (Lipinski definition) is 2. The number of fused-ring (bicyclic) bond motifs is 1. The van der Waals surface area contributed by atoms with Crippen LogP contribution in [0.3, 0.4) is 0 Å². The number of ether oxygens (including phenoxy) is 1. The number of aromatic nitrogens is 1. The maximum Gasteiger partial charge on any atom is 0.296 e. The second kappa shape index (κ2) is 9.23. The molecule has 0 saturated heterocycles. The summed E-state index contributed by atoms with van der Waals surface area (Å²) in [4.78, 5) is 25.0. The van der Waals surface area contributed by atoms with Crippen LogP contribution < -0.4 is 15.6 Å². The first-order chi connectivity index (χ1) is 14.0. The van der Waals surface area contributed by atoms with Gasteiger partial charge in [-0.3, -0.25) is 9.59 Å². The lowest BCUT2D eigenvalue weighted by molar-refractivity contribution is 0.0943. The number of hydrogen-bond acceptors (Lipinski definition) is 4. The number of carbonyl (C=O) groups is 1. The van der Waals surface area contributed by atoms with Gasteiger partial charge in [-0.05, 0) is 36.2 Å². The standard InChI is InChI=1S/C22H23FN2O4/c1-2-3-4-12-29-19-7-5-6-16-13-18(22(27)25(28)20(16)19)21(26)24-14-15-8-10-17(23)11-9-15/h5-11,13,28H,2-4,12,14H2,1H3,(H,24,26). The quantitative estimate of drug-likeness (QED) is 0.446. The summed E-state index contributed by atoms with van der Waals surface area (Å²) in [6, 6.07) is 12.2. The van der Waals surface area contributed by atoms with Gasteiger partial charge in [0.15, 0.2) is 0 Å². The molecule has 2 N–H and O–H groups in total. The Labute approximate surface area is 167 Å². The van der Waals surface area contributed by atoms with Gasteiger partial charge in [-0.25, -0.2) is 4.39 Å². The highest BCUT2D eigenvalue weighted by molar-refractivity contribution is 5.98. The fourth-order valence-electron chi connectivity index (χ4n) is 3.01. The van der Waals surface area contributed by atoms with Gasteiger partial charge < -0.3 is 15.3 Å². The molecule has 1 amide bonds. The smallest absolute Gasteiger partial charge is 0.296 e. The Morgan fingerprint density at radius 1 is 1.17 bits per heavy atom. The zero-order chi connectivity index (χ0) is 20.8. The van der Waals surface area contributed by atoms with E-state index in [1.165, 1.54) is 18.2 Å². The Balaban J connectivity index is 1.83. The van der Waals surface area contributed by atoms with Crippen LogP contribution in [0.15, 0.2) is 53.3 Å². The van der Waals surface area contributed by atoms with Gasteiger partial charge in [0.1, 0.15) is 22.6 Å². The van der Waals surface area contributed by atoms with E-state index in [2.05, 4.69) is 12.2 Å². The first-order valence-corrected chi connectivity index (χ1v) is 9.54. The molecule has 0 aliphatic heterocycles. The Morgan fingerprint density at radius 2 is 1.93 bits per heavy atom. The second-order valence-corrected chi connectivity index (χ2v) is 6.73. The monoisotopic (exact) mass is 398 g/mol. The summed E-state index contributed by atoms with van der Waals surface area (Å²) >= 11 is 0. The highest BCUT2D eigenvalue weighted by atomic mass is 19.1. The molecule has 0 atom stereocenters. The number of benzene rings is 2. The topological polar surface area (TPSA) is 80.6 Å². The third-order valence-corrected chi connectivity index (χ3v) is 4.58. The van der Waals surface area contributed by atoms with Gasteiger partial charge in [-0.15, -0.1) is 4.73 Å². The molecule has 6 nitrogen and oxygen atoms in total. The van der Waals surface area contributed by atoms with E-state index < -0.39 is 11.5 Å². The molecule has 0 unspecified atom stereocenters. The van der Waals surface area contributed by atoms with Crippen LogP contribution in [0.1, 0.15) is 42.1 Å². The zero-order valence-electron chi connectivity index (χ0n) is 16.2. The molecule has 0 aliphatic carbocycles. The first kappa shape index (κ1) is 20.4. The van der Waals surface area contributed by atoms with Gasteiger partial charge in [0.2, 0.25) is 0 Å². The number of amides is 1. The lowest BCUT2D eigenvalue weighted by atomic mass is 10.1. The van der Waals surface area contributed by atoms with Crippen molar-refractivity contribution in [3.63, 3.8) is 0 Å². The predicted octanol–water partition coefficient (Wildman–Crippen LogP) is 3.88. The molecule has 7 heteroatoms. The molecule has 0 bridgehead atoms. The van der Waals surface area contributed by atoms with Crippen molar-refractivity contribution >= 4 is 16.8 Å². The number of nitrogens with one attached hydrogen (secondary N) is 1.